The normalized spacial score (nSPS) is 17.6. The fourth-order valence-corrected chi connectivity index (χ4v) is 4.34. The van der Waals surface area contributed by atoms with Gasteiger partial charge in [-0.1, -0.05) is 39.0 Å². The number of carbonyl (C=O) groups excluding carboxylic acids is 1. The monoisotopic (exact) mass is 372 g/mol. The molecule has 2 aromatic rings. The highest BCUT2D eigenvalue weighted by Gasteiger charge is 2.28. The number of rotatable bonds is 3. The second-order valence-electron chi connectivity index (χ2n) is 7.94. The highest BCUT2D eigenvalue weighted by Crippen LogP contribution is 2.34. The summed E-state index contributed by atoms with van der Waals surface area (Å²) in [6.45, 7) is 11.4. The summed E-state index contributed by atoms with van der Waals surface area (Å²) in [5.41, 5.74) is 3.09. The summed E-state index contributed by atoms with van der Waals surface area (Å²) >= 11 is 1.53. The van der Waals surface area contributed by atoms with E-state index >= 15 is 0 Å². The number of pyridine rings is 1. The molecule has 26 heavy (non-hydrogen) atoms. The standard InChI is InChI=1S/C20H28N4OS/c1-6-15-8-7-11-24(15)19(25)23-18-22-13(2)17(26-18)14-9-10-21-16(12-14)20(3,4)5/h9-10,12,15H,6-8,11H2,1-5H3,(H,22,23,25)/t15-/m1/s1. The number of anilines is 1. The molecule has 0 spiro atoms. The van der Waals surface area contributed by atoms with Gasteiger partial charge in [0.15, 0.2) is 5.13 Å². The molecular weight excluding hydrogens is 344 g/mol. The van der Waals surface area contributed by atoms with Crippen molar-refractivity contribution in [2.24, 2.45) is 0 Å². The van der Waals surface area contributed by atoms with Crippen LogP contribution in [0.3, 0.4) is 0 Å². The molecule has 1 aliphatic heterocycles. The van der Waals surface area contributed by atoms with Crippen LogP contribution in [-0.4, -0.2) is 33.5 Å². The van der Waals surface area contributed by atoms with Gasteiger partial charge >= 0.3 is 6.03 Å². The zero-order valence-electron chi connectivity index (χ0n) is 16.3. The third-order valence-corrected chi connectivity index (χ3v) is 6.03. The van der Waals surface area contributed by atoms with Gasteiger partial charge in [-0.3, -0.25) is 10.3 Å². The SMILES string of the molecule is CC[C@@H]1CCCN1C(=O)Nc1nc(C)c(-c2ccnc(C(C)(C)C)c2)s1. The average molecular weight is 373 g/mol. The zero-order valence-corrected chi connectivity index (χ0v) is 17.1. The smallest absolute Gasteiger partial charge is 0.322 e. The molecule has 2 amide bonds. The van der Waals surface area contributed by atoms with E-state index in [4.69, 9.17) is 0 Å². The van der Waals surface area contributed by atoms with Crippen LogP contribution in [0.25, 0.3) is 10.4 Å². The van der Waals surface area contributed by atoms with Crippen molar-refractivity contribution < 1.29 is 4.79 Å². The third-order valence-electron chi connectivity index (χ3n) is 4.91. The molecule has 0 unspecified atom stereocenters. The fourth-order valence-electron chi connectivity index (χ4n) is 3.39. The predicted octanol–water partition coefficient (Wildman–Crippen LogP) is 5.22. The molecule has 3 heterocycles. The first kappa shape index (κ1) is 18.8. The molecule has 5 nitrogen and oxygen atoms in total. The summed E-state index contributed by atoms with van der Waals surface area (Å²) in [6.07, 6.45) is 5.03. The lowest BCUT2D eigenvalue weighted by molar-refractivity contribution is 0.205. The molecule has 1 aliphatic rings. The summed E-state index contributed by atoms with van der Waals surface area (Å²) in [4.78, 5) is 24.7. The topological polar surface area (TPSA) is 58.1 Å². The first-order chi connectivity index (χ1) is 12.3. The van der Waals surface area contributed by atoms with Crippen LogP contribution in [0, 0.1) is 6.92 Å². The van der Waals surface area contributed by atoms with E-state index in [9.17, 15) is 4.79 Å². The number of nitrogens with one attached hydrogen (secondary N) is 1. The van der Waals surface area contributed by atoms with E-state index in [1.165, 1.54) is 11.3 Å². The van der Waals surface area contributed by atoms with Crippen LogP contribution in [0.5, 0.6) is 0 Å². The maximum Gasteiger partial charge on any atom is 0.323 e. The van der Waals surface area contributed by atoms with E-state index in [1.807, 2.05) is 24.1 Å². The minimum atomic E-state index is -0.0280. The van der Waals surface area contributed by atoms with Gasteiger partial charge in [-0.15, -0.1) is 0 Å². The molecule has 1 atom stereocenters. The number of hydrogen-bond donors (Lipinski definition) is 1. The summed E-state index contributed by atoms with van der Waals surface area (Å²) in [7, 11) is 0. The predicted molar refractivity (Wildman–Crippen MR) is 108 cm³/mol. The van der Waals surface area contributed by atoms with E-state index in [0.717, 1.165) is 47.6 Å². The van der Waals surface area contributed by atoms with Crippen molar-refractivity contribution in [1.82, 2.24) is 14.9 Å². The van der Waals surface area contributed by atoms with Crippen molar-refractivity contribution in [3.8, 4) is 10.4 Å². The molecule has 0 radical (unpaired) electrons. The molecule has 3 rings (SSSR count). The molecule has 0 aromatic carbocycles. The van der Waals surface area contributed by atoms with E-state index < -0.39 is 0 Å². The number of hydrogen-bond acceptors (Lipinski definition) is 4. The van der Waals surface area contributed by atoms with Gasteiger partial charge in [0.1, 0.15) is 0 Å². The van der Waals surface area contributed by atoms with Crippen LogP contribution < -0.4 is 5.32 Å². The molecule has 0 bridgehead atoms. The Hall–Kier alpha value is -1.95. The number of likely N-dealkylation sites (tertiary alicyclic amines) is 1. The Morgan fingerprint density at radius 3 is 2.88 bits per heavy atom. The fraction of sp³-hybridized carbons (Fsp3) is 0.550. The first-order valence-electron chi connectivity index (χ1n) is 9.31. The van der Waals surface area contributed by atoms with Gasteiger partial charge in [0.05, 0.1) is 10.6 Å². The second-order valence-corrected chi connectivity index (χ2v) is 8.94. The van der Waals surface area contributed by atoms with Crippen LogP contribution in [-0.2, 0) is 5.41 Å². The lowest BCUT2D eigenvalue weighted by Crippen LogP contribution is -2.38. The molecule has 0 aliphatic carbocycles. The van der Waals surface area contributed by atoms with Crippen molar-refractivity contribution in [3.63, 3.8) is 0 Å². The lowest BCUT2D eigenvalue weighted by atomic mass is 9.90. The van der Waals surface area contributed by atoms with E-state index in [2.05, 4.69) is 49.0 Å². The molecule has 2 aromatic heterocycles. The molecule has 1 N–H and O–H groups in total. The molecule has 140 valence electrons. The number of amides is 2. The van der Waals surface area contributed by atoms with Crippen LogP contribution in [0.4, 0.5) is 9.93 Å². The van der Waals surface area contributed by atoms with Gasteiger partial charge in [-0.2, -0.15) is 0 Å². The van der Waals surface area contributed by atoms with Crippen molar-refractivity contribution in [1.29, 1.82) is 0 Å². The number of carbonyl (C=O) groups is 1. The zero-order chi connectivity index (χ0) is 18.9. The maximum atomic E-state index is 12.6. The van der Waals surface area contributed by atoms with Crippen LogP contribution in [0.2, 0.25) is 0 Å². The summed E-state index contributed by atoms with van der Waals surface area (Å²) in [5, 5.41) is 3.67. The van der Waals surface area contributed by atoms with Gasteiger partial charge in [0, 0.05) is 29.9 Å². The Bertz CT molecular complexity index is 793. The van der Waals surface area contributed by atoms with Crippen molar-refractivity contribution in [2.75, 3.05) is 11.9 Å². The molecular formula is C20H28N4OS. The first-order valence-corrected chi connectivity index (χ1v) is 10.1. The number of aryl methyl sites for hydroxylation is 1. The Morgan fingerprint density at radius 1 is 1.42 bits per heavy atom. The number of nitrogens with zero attached hydrogens (tertiary/aromatic N) is 3. The quantitative estimate of drug-likeness (QED) is 0.804. The van der Waals surface area contributed by atoms with Gasteiger partial charge in [0.25, 0.3) is 0 Å². The van der Waals surface area contributed by atoms with Crippen molar-refractivity contribution >= 4 is 22.5 Å². The lowest BCUT2D eigenvalue weighted by Gasteiger charge is -2.23. The average Bonchev–Trinajstić information content (AvgIpc) is 3.20. The maximum absolute atomic E-state index is 12.6. The summed E-state index contributed by atoms with van der Waals surface area (Å²) in [5.74, 6) is 0. The Labute approximate surface area is 159 Å². The summed E-state index contributed by atoms with van der Waals surface area (Å²) in [6, 6.07) is 4.46. The molecule has 0 saturated carbocycles. The number of urea groups is 1. The molecule has 1 fully saturated rings. The Morgan fingerprint density at radius 2 is 2.19 bits per heavy atom. The largest absolute Gasteiger partial charge is 0.323 e. The third kappa shape index (κ3) is 3.90. The van der Waals surface area contributed by atoms with E-state index in [1.54, 1.807) is 0 Å². The number of thiazole rings is 1. The highest BCUT2D eigenvalue weighted by molar-refractivity contribution is 7.19. The minimum Gasteiger partial charge on any atom is -0.322 e. The van der Waals surface area contributed by atoms with Gasteiger partial charge in [-0.25, -0.2) is 9.78 Å². The Balaban J connectivity index is 1.80. The van der Waals surface area contributed by atoms with E-state index in [0.29, 0.717) is 11.2 Å². The summed E-state index contributed by atoms with van der Waals surface area (Å²) < 4.78 is 0. The van der Waals surface area contributed by atoms with Crippen molar-refractivity contribution in [2.45, 2.75) is 65.3 Å². The van der Waals surface area contributed by atoms with Crippen LogP contribution >= 0.6 is 11.3 Å². The molecule has 1 saturated heterocycles. The number of aromatic nitrogens is 2. The van der Waals surface area contributed by atoms with E-state index in [-0.39, 0.29) is 11.4 Å². The van der Waals surface area contributed by atoms with Gasteiger partial charge < -0.3 is 4.90 Å². The van der Waals surface area contributed by atoms with Gasteiger partial charge in [0.2, 0.25) is 0 Å². The molecule has 6 heteroatoms. The van der Waals surface area contributed by atoms with Crippen LogP contribution in [0.15, 0.2) is 18.3 Å². The van der Waals surface area contributed by atoms with Gasteiger partial charge in [-0.05, 0) is 43.9 Å². The minimum absolute atomic E-state index is 0.00341. The Kier molecular flexibility index (Phi) is 5.32. The van der Waals surface area contributed by atoms with Crippen molar-refractivity contribution in [3.05, 3.63) is 29.7 Å². The second kappa shape index (κ2) is 7.35. The van der Waals surface area contributed by atoms with Crippen LogP contribution in [0.1, 0.15) is 58.3 Å². The highest BCUT2D eigenvalue weighted by atomic mass is 32.1.